The summed E-state index contributed by atoms with van der Waals surface area (Å²) in [6, 6.07) is 9.51. The van der Waals surface area contributed by atoms with Gasteiger partial charge in [0.05, 0.1) is 11.1 Å². The van der Waals surface area contributed by atoms with Gasteiger partial charge in [-0.2, -0.15) is 26.3 Å². The molecule has 2 rings (SSSR count). The van der Waals surface area contributed by atoms with Crippen molar-refractivity contribution in [1.82, 2.24) is 0 Å². The lowest BCUT2D eigenvalue weighted by Gasteiger charge is -2.17. The zero-order valence-electron chi connectivity index (χ0n) is 14.4. The molecule has 29 heavy (non-hydrogen) atoms. The predicted molar refractivity (Wildman–Crippen MR) is 99.2 cm³/mol. The largest absolute Gasteiger partial charge is 0.416 e. The van der Waals surface area contributed by atoms with Crippen molar-refractivity contribution in [2.75, 3.05) is 0 Å². The molecule has 0 amide bonds. The van der Waals surface area contributed by atoms with E-state index in [-0.39, 0.29) is 26.9 Å². The Kier molecular flexibility index (Phi) is 7.64. The molecular weight excluding hydrogens is 440 g/mol. The Morgan fingerprint density at radius 3 is 1.55 bits per heavy atom. The summed E-state index contributed by atoms with van der Waals surface area (Å²) in [6.07, 6.45) is -7.34. The Morgan fingerprint density at radius 1 is 0.828 bits per heavy atom. The fourth-order valence-electron chi connectivity index (χ4n) is 2.31. The van der Waals surface area contributed by atoms with Crippen molar-refractivity contribution in [2.24, 2.45) is 0 Å². The van der Waals surface area contributed by atoms with E-state index >= 15 is 0 Å². The molecule has 0 aliphatic carbocycles. The third-order valence-electron chi connectivity index (χ3n) is 3.55. The van der Waals surface area contributed by atoms with Gasteiger partial charge in [0.15, 0.2) is 0 Å². The maximum Gasteiger partial charge on any atom is 0.416 e. The zero-order valence-corrected chi connectivity index (χ0v) is 16.0. The van der Waals surface area contributed by atoms with E-state index in [4.69, 9.17) is 0 Å². The molecule has 156 valence electrons. The molecule has 0 fully saturated rings. The van der Waals surface area contributed by atoms with E-state index in [0.29, 0.717) is 23.5 Å². The monoisotopic (exact) mass is 452 g/mol. The molecule has 2 aromatic carbocycles. The van der Waals surface area contributed by atoms with Crippen molar-refractivity contribution < 1.29 is 31.3 Å². The molecule has 0 saturated carbocycles. The highest BCUT2D eigenvalue weighted by Crippen LogP contribution is 2.39. The Morgan fingerprint density at radius 2 is 1.21 bits per heavy atom. The molecule has 0 heterocycles. The SMILES string of the molecule is O=[N+]([O-])[C-]=C(SCc1ccccc1C(F)(F)F)SCc1ccccc1C(F)(F)F. The first-order chi connectivity index (χ1) is 13.5. The maximum absolute atomic E-state index is 13.1. The van der Waals surface area contributed by atoms with E-state index in [1.54, 1.807) is 0 Å². The van der Waals surface area contributed by atoms with E-state index in [2.05, 4.69) is 0 Å². The second-order valence-corrected chi connectivity index (χ2v) is 7.77. The summed E-state index contributed by atoms with van der Waals surface area (Å²) < 4.78 is 78.2. The third kappa shape index (κ3) is 7.00. The van der Waals surface area contributed by atoms with Gasteiger partial charge in [-0.15, -0.1) is 28.4 Å². The molecule has 0 N–H and O–H groups in total. The highest BCUT2D eigenvalue weighted by molar-refractivity contribution is 8.21. The van der Waals surface area contributed by atoms with Crippen LogP contribution >= 0.6 is 23.5 Å². The second-order valence-electron chi connectivity index (χ2n) is 5.54. The van der Waals surface area contributed by atoms with Crippen LogP contribution in [0.5, 0.6) is 0 Å². The number of thioether (sulfide) groups is 2. The van der Waals surface area contributed by atoms with Crippen LogP contribution in [0.3, 0.4) is 0 Å². The summed E-state index contributed by atoms with van der Waals surface area (Å²) in [5, 5.41) is 10.8. The minimum atomic E-state index is -4.59. The number of benzene rings is 2. The number of alkyl halides is 6. The van der Waals surface area contributed by atoms with Crippen LogP contribution in [0.15, 0.2) is 52.8 Å². The van der Waals surface area contributed by atoms with Crippen molar-refractivity contribution in [1.29, 1.82) is 0 Å². The topological polar surface area (TPSA) is 43.1 Å². The summed E-state index contributed by atoms with van der Waals surface area (Å²) >= 11 is 1.42. The molecule has 0 unspecified atom stereocenters. The van der Waals surface area contributed by atoms with Crippen LogP contribution in [0, 0.1) is 16.3 Å². The van der Waals surface area contributed by atoms with Crippen molar-refractivity contribution in [2.45, 2.75) is 23.9 Å². The lowest BCUT2D eigenvalue weighted by atomic mass is 10.1. The molecule has 0 bridgehead atoms. The van der Waals surface area contributed by atoms with Gasteiger partial charge in [-0.3, -0.25) is 10.1 Å². The Labute approximate surface area is 170 Å². The Balaban J connectivity index is 2.17. The zero-order chi connectivity index (χ0) is 21.7. The first kappa shape index (κ1) is 23.1. The summed E-state index contributed by atoms with van der Waals surface area (Å²) in [7, 11) is 0. The number of halogens is 6. The number of hydrogen-bond donors (Lipinski definition) is 0. The molecule has 0 radical (unpaired) electrons. The molecule has 11 heteroatoms. The fraction of sp³-hybridized carbons (Fsp3) is 0.222. The number of nitrogens with zero attached hydrogens (tertiary/aromatic N) is 1. The van der Waals surface area contributed by atoms with Crippen molar-refractivity contribution >= 4 is 23.5 Å². The van der Waals surface area contributed by atoms with Gasteiger partial charge in [0.1, 0.15) is 0 Å². The minimum absolute atomic E-state index is 0.0936. The fourth-order valence-corrected chi connectivity index (χ4v) is 4.35. The van der Waals surface area contributed by atoms with Crippen LogP contribution in [0.1, 0.15) is 22.3 Å². The molecule has 0 spiro atoms. The average molecular weight is 452 g/mol. The van der Waals surface area contributed by atoms with Crippen molar-refractivity contribution in [3.63, 3.8) is 0 Å². The van der Waals surface area contributed by atoms with E-state index < -0.39 is 28.4 Å². The van der Waals surface area contributed by atoms with Gasteiger partial charge < -0.3 is 0 Å². The number of nitro groups is 1. The van der Waals surface area contributed by atoms with E-state index in [0.717, 1.165) is 12.1 Å². The van der Waals surface area contributed by atoms with Crippen LogP contribution < -0.4 is 0 Å². The van der Waals surface area contributed by atoms with Gasteiger partial charge >= 0.3 is 12.4 Å². The summed E-state index contributed by atoms with van der Waals surface area (Å²) in [5.41, 5.74) is -1.94. The van der Waals surface area contributed by atoms with Crippen molar-refractivity contribution in [3.8, 4) is 0 Å². The Hall–Kier alpha value is -2.14. The molecule has 0 aromatic heterocycles. The summed E-state index contributed by atoms with van der Waals surface area (Å²) in [5.74, 6) is -0.500. The van der Waals surface area contributed by atoms with Gasteiger partial charge in [0, 0.05) is 11.5 Å². The average Bonchev–Trinajstić information content (AvgIpc) is 2.62. The summed E-state index contributed by atoms with van der Waals surface area (Å²) in [6.45, 7) is 0. The first-order valence-electron chi connectivity index (χ1n) is 7.82. The quantitative estimate of drug-likeness (QED) is 0.153. The maximum atomic E-state index is 13.1. The van der Waals surface area contributed by atoms with E-state index in [9.17, 15) is 36.5 Å². The molecule has 2 aromatic rings. The molecule has 0 aliphatic heterocycles. The van der Waals surface area contributed by atoms with Gasteiger partial charge in [-0.05, 0) is 23.3 Å². The van der Waals surface area contributed by atoms with Crippen LogP contribution in [-0.2, 0) is 23.9 Å². The highest BCUT2D eigenvalue weighted by Gasteiger charge is 2.33. The predicted octanol–water partition coefficient (Wildman–Crippen LogP) is 6.77. The second kappa shape index (κ2) is 9.57. The van der Waals surface area contributed by atoms with Crippen LogP contribution in [-0.4, -0.2) is 4.92 Å². The van der Waals surface area contributed by atoms with Crippen LogP contribution in [0.25, 0.3) is 0 Å². The smallest absolute Gasteiger partial charge is 0.297 e. The highest BCUT2D eigenvalue weighted by atomic mass is 32.2. The number of hydrogen-bond acceptors (Lipinski definition) is 4. The standard InChI is InChI=1S/C18H12F6NO2S2/c19-17(20,21)14-7-3-1-5-12(14)10-28-16(9-25(26)27)29-11-13-6-2-4-8-15(13)18(22,23)24/h1-8H,10-11H2/q-1. The normalized spacial score (nSPS) is 11.9. The van der Waals surface area contributed by atoms with Gasteiger partial charge in [0.2, 0.25) is 0 Å². The third-order valence-corrected chi connectivity index (χ3v) is 5.87. The number of rotatable bonds is 7. The van der Waals surface area contributed by atoms with Crippen molar-refractivity contribution in [3.05, 3.63) is 91.3 Å². The molecule has 0 atom stereocenters. The van der Waals surface area contributed by atoms with Gasteiger partial charge in [0.25, 0.3) is 0 Å². The molecular formula is C18H12F6NO2S2-. The minimum Gasteiger partial charge on any atom is -0.297 e. The molecule has 3 nitrogen and oxygen atoms in total. The molecule has 0 saturated heterocycles. The molecule has 0 aliphatic rings. The Bertz CT molecular complexity index is 833. The van der Waals surface area contributed by atoms with Gasteiger partial charge in [-0.25, -0.2) is 0 Å². The lowest BCUT2D eigenvalue weighted by Crippen LogP contribution is -2.08. The van der Waals surface area contributed by atoms with Crippen LogP contribution in [0.2, 0.25) is 0 Å². The van der Waals surface area contributed by atoms with Gasteiger partial charge in [-0.1, -0.05) is 46.8 Å². The van der Waals surface area contributed by atoms with E-state index in [1.807, 2.05) is 6.20 Å². The lowest BCUT2D eigenvalue weighted by molar-refractivity contribution is -0.419. The van der Waals surface area contributed by atoms with E-state index in [1.165, 1.54) is 36.4 Å². The van der Waals surface area contributed by atoms with Crippen LogP contribution in [0.4, 0.5) is 26.3 Å². The summed E-state index contributed by atoms with van der Waals surface area (Å²) in [4.78, 5) is 9.86. The first-order valence-corrected chi connectivity index (χ1v) is 9.79.